The van der Waals surface area contributed by atoms with Gasteiger partial charge >= 0.3 is 0 Å². The molecule has 5 nitrogen and oxygen atoms in total. The molecule has 0 bridgehead atoms. The topological polar surface area (TPSA) is 74.7 Å². The molecule has 0 radical (unpaired) electrons. The van der Waals surface area contributed by atoms with Gasteiger partial charge < -0.3 is 15.8 Å². The van der Waals surface area contributed by atoms with Crippen molar-refractivity contribution in [1.29, 1.82) is 0 Å². The largest absolute Gasteiger partial charge is 0.409 e. The molecule has 3 N–H and O–H groups in total. The van der Waals surface area contributed by atoms with Crippen LogP contribution in [0.15, 0.2) is 47.8 Å². The molecule has 0 amide bonds. The van der Waals surface area contributed by atoms with Gasteiger partial charge in [-0.25, -0.2) is 4.98 Å². The Morgan fingerprint density at radius 3 is 2.95 bits per heavy atom. The summed E-state index contributed by atoms with van der Waals surface area (Å²) in [5, 5.41) is 12.1. The predicted octanol–water partition coefficient (Wildman–Crippen LogP) is 2.51. The summed E-state index contributed by atoms with van der Waals surface area (Å²) in [5.74, 6) is 1.32. The summed E-state index contributed by atoms with van der Waals surface area (Å²) in [7, 11) is 0. The number of aromatic nitrogens is 1. The average molecular weight is 282 g/mol. The number of rotatable bonds is 2. The fraction of sp³-hybridized carbons (Fsp3) is 0.250. The number of nitrogens with zero attached hydrogens (tertiary/aromatic N) is 3. The smallest absolute Gasteiger partial charge is 0.173 e. The molecule has 1 aliphatic rings. The molecule has 1 aliphatic heterocycles. The summed E-state index contributed by atoms with van der Waals surface area (Å²) in [4.78, 5) is 6.61. The van der Waals surface area contributed by atoms with Crippen molar-refractivity contribution in [3.63, 3.8) is 0 Å². The molecular weight excluding hydrogens is 264 g/mol. The molecule has 0 saturated heterocycles. The number of hydrogen-bond acceptors (Lipinski definition) is 4. The van der Waals surface area contributed by atoms with E-state index in [4.69, 9.17) is 10.9 Å². The van der Waals surface area contributed by atoms with E-state index in [1.54, 1.807) is 12.3 Å². The highest BCUT2D eigenvalue weighted by atomic mass is 16.4. The normalized spacial score (nSPS) is 18.4. The van der Waals surface area contributed by atoms with E-state index in [1.165, 1.54) is 5.56 Å². The Hall–Kier alpha value is -2.56. The number of oxime groups is 1. The first-order valence-electron chi connectivity index (χ1n) is 6.99. The maximum Gasteiger partial charge on any atom is 0.173 e. The predicted molar refractivity (Wildman–Crippen MR) is 83.1 cm³/mol. The Morgan fingerprint density at radius 1 is 1.33 bits per heavy atom. The van der Waals surface area contributed by atoms with Crippen LogP contribution in [0, 0.1) is 5.92 Å². The van der Waals surface area contributed by atoms with Crippen LogP contribution in [-0.4, -0.2) is 22.6 Å². The first kappa shape index (κ1) is 13.4. The zero-order chi connectivity index (χ0) is 14.8. The van der Waals surface area contributed by atoms with Gasteiger partial charge in [0, 0.05) is 18.4 Å². The summed E-state index contributed by atoms with van der Waals surface area (Å²) < 4.78 is 0. The fourth-order valence-electron chi connectivity index (χ4n) is 2.86. The molecule has 1 atom stereocenters. The molecule has 1 aromatic carbocycles. The van der Waals surface area contributed by atoms with E-state index in [9.17, 15) is 0 Å². The molecule has 0 spiro atoms. The maximum absolute atomic E-state index is 8.97. The van der Waals surface area contributed by atoms with Crippen molar-refractivity contribution in [2.45, 2.75) is 13.3 Å². The van der Waals surface area contributed by atoms with E-state index >= 15 is 0 Å². The molecule has 5 heteroatoms. The molecule has 2 aromatic rings. The molecular formula is C16H18N4O. The number of anilines is 2. The summed E-state index contributed by atoms with van der Waals surface area (Å²) >= 11 is 0. The quantitative estimate of drug-likeness (QED) is 0.384. The van der Waals surface area contributed by atoms with Crippen molar-refractivity contribution in [2.75, 3.05) is 11.4 Å². The number of fused-ring (bicyclic) bond motifs is 1. The molecule has 21 heavy (non-hydrogen) atoms. The van der Waals surface area contributed by atoms with Gasteiger partial charge in [-0.15, -0.1) is 0 Å². The Labute approximate surface area is 123 Å². The Bertz CT molecular complexity index is 683. The van der Waals surface area contributed by atoms with Gasteiger partial charge in [0.1, 0.15) is 5.82 Å². The second-order valence-electron chi connectivity index (χ2n) is 5.41. The van der Waals surface area contributed by atoms with E-state index < -0.39 is 0 Å². The van der Waals surface area contributed by atoms with Crippen molar-refractivity contribution in [3.8, 4) is 0 Å². The van der Waals surface area contributed by atoms with Gasteiger partial charge in [-0.3, -0.25) is 0 Å². The van der Waals surface area contributed by atoms with E-state index in [0.717, 1.165) is 24.5 Å². The first-order valence-corrected chi connectivity index (χ1v) is 6.99. The average Bonchev–Trinajstić information content (AvgIpc) is 2.53. The maximum atomic E-state index is 8.97. The van der Waals surface area contributed by atoms with E-state index in [2.05, 4.69) is 40.2 Å². The van der Waals surface area contributed by atoms with Gasteiger partial charge in [0.05, 0.1) is 5.56 Å². The number of nitrogens with two attached hydrogens (primary N) is 1. The fourth-order valence-corrected chi connectivity index (χ4v) is 2.86. The van der Waals surface area contributed by atoms with Crippen molar-refractivity contribution >= 4 is 17.3 Å². The molecule has 0 aliphatic carbocycles. The van der Waals surface area contributed by atoms with Gasteiger partial charge in [0.2, 0.25) is 0 Å². The van der Waals surface area contributed by atoms with E-state index in [0.29, 0.717) is 11.5 Å². The van der Waals surface area contributed by atoms with Crippen molar-refractivity contribution in [1.82, 2.24) is 4.98 Å². The number of pyridine rings is 1. The van der Waals surface area contributed by atoms with Crippen LogP contribution < -0.4 is 10.6 Å². The highest BCUT2D eigenvalue weighted by Gasteiger charge is 2.25. The van der Waals surface area contributed by atoms with Crippen LogP contribution in [0.2, 0.25) is 0 Å². The Balaban J connectivity index is 2.13. The third-order valence-corrected chi connectivity index (χ3v) is 3.77. The van der Waals surface area contributed by atoms with Crippen LogP contribution in [0.4, 0.5) is 11.5 Å². The molecule has 1 unspecified atom stereocenters. The van der Waals surface area contributed by atoms with Crippen molar-refractivity contribution in [2.24, 2.45) is 16.8 Å². The highest BCUT2D eigenvalue weighted by Crippen LogP contribution is 2.35. The third kappa shape index (κ3) is 2.42. The minimum absolute atomic E-state index is 0.0776. The zero-order valence-electron chi connectivity index (χ0n) is 11.9. The van der Waals surface area contributed by atoms with Crippen LogP contribution >= 0.6 is 0 Å². The summed E-state index contributed by atoms with van der Waals surface area (Å²) in [6.45, 7) is 3.08. The minimum atomic E-state index is 0.0776. The van der Waals surface area contributed by atoms with Crippen LogP contribution in [0.25, 0.3) is 0 Å². The number of benzene rings is 1. The van der Waals surface area contributed by atoms with Crippen LogP contribution in [0.5, 0.6) is 0 Å². The lowest BCUT2D eigenvalue weighted by Gasteiger charge is -2.34. The van der Waals surface area contributed by atoms with E-state index in [-0.39, 0.29) is 5.84 Å². The van der Waals surface area contributed by atoms with Crippen molar-refractivity contribution < 1.29 is 5.21 Å². The first-order chi connectivity index (χ1) is 10.2. The second kappa shape index (κ2) is 5.44. The molecule has 108 valence electrons. The summed E-state index contributed by atoms with van der Waals surface area (Å²) in [6.07, 6.45) is 2.78. The molecule has 3 rings (SSSR count). The SMILES string of the molecule is CC1Cc2ccccc2N(c2ncccc2/C(N)=N/O)C1. The molecule has 0 saturated carbocycles. The molecule has 2 heterocycles. The highest BCUT2D eigenvalue weighted by molar-refractivity contribution is 6.02. The van der Waals surface area contributed by atoms with Crippen LogP contribution in [0.3, 0.4) is 0 Å². The lowest BCUT2D eigenvalue weighted by atomic mass is 9.93. The minimum Gasteiger partial charge on any atom is -0.409 e. The summed E-state index contributed by atoms with van der Waals surface area (Å²) in [6, 6.07) is 11.9. The summed E-state index contributed by atoms with van der Waals surface area (Å²) in [5.41, 5.74) is 8.87. The van der Waals surface area contributed by atoms with Gasteiger partial charge in [0.15, 0.2) is 5.84 Å². The van der Waals surface area contributed by atoms with E-state index in [1.807, 2.05) is 12.1 Å². The van der Waals surface area contributed by atoms with Crippen molar-refractivity contribution in [3.05, 3.63) is 53.7 Å². The number of amidine groups is 1. The number of hydrogen-bond donors (Lipinski definition) is 2. The zero-order valence-corrected chi connectivity index (χ0v) is 11.9. The van der Waals surface area contributed by atoms with Gasteiger partial charge in [0.25, 0.3) is 0 Å². The Morgan fingerprint density at radius 2 is 2.14 bits per heavy atom. The van der Waals surface area contributed by atoms with Crippen LogP contribution in [0.1, 0.15) is 18.1 Å². The lowest BCUT2D eigenvalue weighted by molar-refractivity contribution is 0.318. The number of para-hydroxylation sites is 1. The van der Waals surface area contributed by atoms with Crippen LogP contribution in [-0.2, 0) is 6.42 Å². The molecule has 0 fully saturated rings. The van der Waals surface area contributed by atoms with Gasteiger partial charge in [-0.05, 0) is 36.1 Å². The second-order valence-corrected chi connectivity index (χ2v) is 5.41. The Kier molecular flexibility index (Phi) is 3.48. The molecule has 1 aromatic heterocycles. The standard InChI is InChI=1S/C16H18N4O/c1-11-9-12-5-2-3-7-14(12)20(10-11)16-13(15(17)19-21)6-4-8-18-16/h2-8,11,21H,9-10H2,1H3,(H2,17,19). The third-order valence-electron chi connectivity index (χ3n) is 3.77. The van der Waals surface area contributed by atoms with Gasteiger partial charge in [-0.2, -0.15) is 0 Å². The monoisotopic (exact) mass is 282 g/mol. The lowest BCUT2D eigenvalue weighted by Crippen LogP contribution is -2.32. The van der Waals surface area contributed by atoms with Gasteiger partial charge in [-0.1, -0.05) is 30.3 Å².